The van der Waals surface area contributed by atoms with E-state index in [1.54, 1.807) is 24.3 Å². The Morgan fingerprint density at radius 2 is 1.62 bits per heavy atom. The number of carbonyl (C=O) groups is 3. The molecule has 3 N–H and O–H groups in total. The third-order valence-corrected chi connectivity index (χ3v) is 6.85. The van der Waals surface area contributed by atoms with Gasteiger partial charge in [-0.2, -0.15) is 11.8 Å². The summed E-state index contributed by atoms with van der Waals surface area (Å²) in [5.41, 5.74) is 1.21. The van der Waals surface area contributed by atoms with Gasteiger partial charge in [0.2, 0.25) is 0 Å². The minimum Gasteiger partial charge on any atom is -0.480 e. The number of nitrogens with one attached hydrogen (secondary N) is 2. The summed E-state index contributed by atoms with van der Waals surface area (Å²) < 4.78 is 42.2. The molecule has 0 aromatic heterocycles. The van der Waals surface area contributed by atoms with Crippen LogP contribution in [0.1, 0.15) is 21.5 Å². The minimum absolute atomic E-state index is 0.0534. The first kappa shape index (κ1) is 30.0. The molecule has 3 aromatic carbocycles. The summed E-state index contributed by atoms with van der Waals surface area (Å²) in [4.78, 5) is 37.8. The SMILES string of the molecule is O=C(N[C@@H](CSCc1ccccc1)C(=O)O)C(=Cc1ccc(OC(F)(F)F)cc1)NC(=O)c1ccc(I)cc1. The van der Waals surface area contributed by atoms with E-state index in [0.717, 1.165) is 21.3 Å². The van der Waals surface area contributed by atoms with Gasteiger partial charge >= 0.3 is 12.3 Å². The van der Waals surface area contributed by atoms with Crippen LogP contribution in [0.5, 0.6) is 5.75 Å². The number of ether oxygens (including phenoxy) is 1. The lowest BCUT2D eigenvalue weighted by molar-refractivity contribution is -0.274. The lowest BCUT2D eigenvalue weighted by Crippen LogP contribution is -2.45. The van der Waals surface area contributed by atoms with Gasteiger partial charge in [-0.25, -0.2) is 4.79 Å². The van der Waals surface area contributed by atoms with Gasteiger partial charge in [0.05, 0.1) is 0 Å². The summed E-state index contributed by atoms with van der Waals surface area (Å²) in [5, 5.41) is 14.6. The molecule has 0 spiro atoms. The van der Waals surface area contributed by atoms with Crippen LogP contribution in [-0.4, -0.2) is 41.0 Å². The molecule has 0 aliphatic rings. The number of hydrogen-bond donors (Lipinski definition) is 3. The summed E-state index contributed by atoms with van der Waals surface area (Å²) in [6.45, 7) is 0. The van der Waals surface area contributed by atoms with Crippen molar-refractivity contribution in [1.82, 2.24) is 10.6 Å². The molecule has 0 aliphatic carbocycles. The number of alkyl halides is 3. The fourth-order valence-electron chi connectivity index (χ4n) is 3.17. The van der Waals surface area contributed by atoms with Crippen LogP contribution >= 0.6 is 34.4 Å². The molecule has 39 heavy (non-hydrogen) atoms. The van der Waals surface area contributed by atoms with Crippen molar-refractivity contribution in [1.29, 1.82) is 0 Å². The molecular weight excluding hydrogens is 648 g/mol. The van der Waals surface area contributed by atoms with E-state index in [4.69, 9.17) is 0 Å². The number of benzene rings is 3. The van der Waals surface area contributed by atoms with Crippen LogP contribution in [0.15, 0.2) is 84.6 Å². The molecule has 1 atom stereocenters. The van der Waals surface area contributed by atoms with E-state index in [2.05, 4.69) is 38.0 Å². The third-order valence-electron chi connectivity index (χ3n) is 5.02. The fourth-order valence-corrected chi connectivity index (χ4v) is 4.53. The molecule has 0 aliphatic heterocycles. The lowest BCUT2D eigenvalue weighted by Gasteiger charge is -2.17. The van der Waals surface area contributed by atoms with Gasteiger partial charge in [-0.3, -0.25) is 9.59 Å². The first-order valence-electron chi connectivity index (χ1n) is 11.3. The van der Waals surface area contributed by atoms with Crippen molar-refractivity contribution in [2.45, 2.75) is 18.2 Å². The van der Waals surface area contributed by atoms with E-state index in [1.165, 1.54) is 30.0 Å². The zero-order valence-electron chi connectivity index (χ0n) is 20.1. The Bertz CT molecular complexity index is 1320. The maximum Gasteiger partial charge on any atom is 0.573 e. The number of thioether (sulfide) groups is 1. The Labute approximate surface area is 240 Å². The molecule has 7 nitrogen and oxygen atoms in total. The monoisotopic (exact) mass is 670 g/mol. The highest BCUT2D eigenvalue weighted by Gasteiger charge is 2.31. The largest absolute Gasteiger partial charge is 0.573 e. The molecule has 12 heteroatoms. The van der Waals surface area contributed by atoms with Gasteiger partial charge < -0.3 is 20.5 Å². The number of rotatable bonds is 11. The Hall–Kier alpha value is -3.52. The van der Waals surface area contributed by atoms with Crippen molar-refractivity contribution in [3.8, 4) is 5.75 Å². The van der Waals surface area contributed by atoms with Gasteiger partial charge in [-0.15, -0.1) is 13.2 Å². The maximum atomic E-state index is 13.1. The van der Waals surface area contributed by atoms with E-state index in [9.17, 15) is 32.7 Å². The molecule has 0 heterocycles. The predicted molar refractivity (Wildman–Crippen MR) is 150 cm³/mol. The average Bonchev–Trinajstić information content (AvgIpc) is 2.88. The molecule has 0 bridgehead atoms. The van der Waals surface area contributed by atoms with Crippen molar-refractivity contribution in [2.75, 3.05) is 5.75 Å². The zero-order valence-corrected chi connectivity index (χ0v) is 23.0. The second-order valence-corrected chi connectivity index (χ2v) is 10.3. The zero-order chi connectivity index (χ0) is 28.4. The van der Waals surface area contributed by atoms with Crippen LogP contribution in [0.25, 0.3) is 6.08 Å². The molecule has 0 saturated heterocycles. The second kappa shape index (κ2) is 14.0. The van der Waals surface area contributed by atoms with Crippen molar-refractivity contribution >= 4 is 58.2 Å². The van der Waals surface area contributed by atoms with Gasteiger partial charge in [0.1, 0.15) is 17.5 Å². The van der Waals surface area contributed by atoms with Crippen molar-refractivity contribution in [3.63, 3.8) is 0 Å². The fraction of sp³-hybridized carbons (Fsp3) is 0.148. The molecule has 3 rings (SSSR count). The highest BCUT2D eigenvalue weighted by molar-refractivity contribution is 14.1. The Kier molecular flexibility index (Phi) is 10.8. The molecule has 0 radical (unpaired) electrons. The number of hydrogen-bond acceptors (Lipinski definition) is 5. The quantitative estimate of drug-likeness (QED) is 0.185. The number of halogens is 4. The van der Waals surface area contributed by atoms with E-state index in [-0.39, 0.29) is 22.6 Å². The van der Waals surface area contributed by atoms with E-state index in [0.29, 0.717) is 5.75 Å². The summed E-state index contributed by atoms with van der Waals surface area (Å²) >= 11 is 3.38. The Morgan fingerprint density at radius 3 is 2.21 bits per heavy atom. The summed E-state index contributed by atoms with van der Waals surface area (Å²) in [6.07, 6.45) is -3.64. The Morgan fingerprint density at radius 1 is 0.974 bits per heavy atom. The van der Waals surface area contributed by atoms with Crippen LogP contribution in [0.3, 0.4) is 0 Å². The highest BCUT2D eigenvalue weighted by atomic mass is 127. The average molecular weight is 670 g/mol. The van der Waals surface area contributed by atoms with Gasteiger partial charge in [-0.1, -0.05) is 42.5 Å². The van der Waals surface area contributed by atoms with Crippen LogP contribution in [0, 0.1) is 3.57 Å². The second-order valence-electron chi connectivity index (χ2n) is 8.00. The van der Waals surface area contributed by atoms with Gasteiger partial charge in [0.15, 0.2) is 0 Å². The standard InChI is InChI=1S/C27H22F3IN2O5S/c28-27(29,30)38-21-12-6-17(7-13-21)14-22(32-24(34)19-8-10-20(31)11-9-19)25(35)33-23(26(36)37)16-39-15-18-4-2-1-3-5-18/h1-14,23H,15-16H2,(H,32,34)(H,33,35)(H,36,37)/t23-/m0/s1. The minimum atomic E-state index is -4.87. The first-order chi connectivity index (χ1) is 18.5. The van der Waals surface area contributed by atoms with E-state index >= 15 is 0 Å². The first-order valence-corrected chi connectivity index (χ1v) is 13.5. The molecule has 2 amide bonds. The molecule has 0 fully saturated rings. The van der Waals surface area contributed by atoms with Crippen LogP contribution in [-0.2, 0) is 15.3 Å². The number of carboxylic acid groups (broad SMARTS) is 1. The van der Waals surface area contributed by atoms with Crippen LogP contribution < -0.4 is 15.4 Å². The number of carbonyl (C=O) groups excluding carboxylic acids is 2. The summed E-state index contributed by atoms with van der Waals surface area (Å²) in [7, 11) is 0. The molecular formula is C27H22F3IN2O5S. The topological polar surface area (TPSA) is 105 Å². The molecule has 204 valence electrons. The van der Waals surface area contributed by atoms with Crippen molar-refractivity contribution in [3.05, 3.63) is 105 Å². The predicted octanol–water partition coefficient (Wildman–Crippen LogP) is 5.46. The molecule has 0 unspecified atom stereocenters. The highest BCUT2D eigenvalue weighted by Crippen LogP contribution is 2.23. The van der Waals surface area contributed by atoms with E-state index < -0.39 is 35.9 Å². The summed E-state index contributed by atoms with van der Waals surface area (Å²) in [5.74, 6) is -2.65. The van der Waals surface area contributed by atoms with Gasteiger partial charge in [-0.05, 0) is 76.2 Å². The number of aliphatic carboxylic acids is 1. The lowest BCUT2D eigenvalue weighted by atomic mass is 10.1. The van der Waals surface area contributed by atoms with Crippen molar-refractivity contribution in [2.24, 2.45) is 0 Å². The molecule has 3 aromatic rings. The van der Waals surface area contributed by atoms with Crippen LogP contribution in [0.2, 0.25) is 0 Å². The number of amides is 2. The number of carboxylic acids is 1. The van der Waals surface area contributed by atoms with Gasteiger partial charge in [0.25, 0.3) is 11.8 Å². The van der Waals surface area contributed by atoms with Crippen molar-refractivity contribution < 1.29 is 37.4 Å². The Balaban J connectivity index is 1.79. The van der Waals surface area contributed by atoms with E-state index in [1.807, 2.05) is 30.3 Å². The van der Waals surface area contributed by atoms with Gasteiger partial charge in [0, 0.05) is 20.6 Å². The smallest absolute Gasteiger partial charge is 0.480 e. The normalized spacial score (nSPS) is 12.4. The molecule has 0 saturated carbocycles. The maximum absolute atomic E-state index is 13.1. The third kappa shape index (κ3) is 10.3. The van der Waals surface area contributed by atoms with Crippen LogP contribution in [0.4, 0.5) is 13.2 Å². The summed E-state index contributed by atoms with van der Waals surface area (Å²) in [6, 6.07) is 19.2.